The summed E-state index contributed by atoms with van der Waals surface area (Å²) in [5, 5.41) is 6.49. The van der Waals surface area contributed by atoms with Gasteiger partial charge in [-0.25, -0.2) is 0 Å². The van der Waals surface area contributed by atoms with Crippen molar-refractivity contribution in [3.8, 4) is 11.5 Å². The lowest BCUT2D eigenvalue weighted by atomic mass is 9.71. The van der Waals surface area contributed by atoms with Crippen molar-refractivity contribution in [1.82, 2.24) is 5.32 Å². The maximum absolute atomic E-state index is 13.9. The van der Waals surface area contributed by atoms with Gasteiger partial charge >= 0.3 is 0 Å². The molecule has 3 aromatic rings. The molecule has 2 atom stereocenters. The highest BCUT2D eigenvalue weighted by molar-refractivity contribution is 9.10. The smallest absolute Gasteiger partial charge is 0.254 e. The van der Waals surface area contributed by atoms with Gasteiger partial charge in [-0.15, -0.1) is 0 Å². The van der Waals surface area contributed by atoms with Gasteiger partial charge in [-0.05, 0) is 73.7 Å². The van der Waals surface area contributed by atoms with Crippen molar-refractivity contribution >= 4 is 33.3 Å². The minimum Gasteiger partial charge on any atom is -0.493 e. The van der Waals surface area contributed by atoms with Crippen LogP contribution in [-0.2, 0) is 9.59 Å². The summed E-state index contributed by atoms with van der Waals surface area (Å²) >= 11 is 3.51. The Labute approximate surface area is 237 Å². The largest absolute Gasteiger partial charge is 0.493 e. The molecule has 0 saturated carbocycles. The Morgan fingerprint density at radius 2 is 1.56 bits per heavy atom. The van der Waals surface area contributed by atoms with Crippen LogP contribution in [0.5, 0.6) is 11.5 Å². The minimum absolute atomic E-state index is 0.0233. The van der Waals surface area contributed by atoms with Gasteiger partial charge < -0.3 is 20.1 Å². The number of halogens is 1. The van der Waals surface area contributed by atoms with Crippen molar-refractivity contribution < 1.29 is 19.1 Å². The van der Waals surface area contributed by atoms with E-state index in [1.54, 1.807) is 14.2 Å². The predicted molar refractivity (Wildman–Crippen MR) is 156 cm³/mol. The summed E-state index contributed by atoms with van der Waals surface area (Å²) in [7, 11) is 3.21. The van der Waals surface area contributed by atoms with E-state index in [-0.39, 0.29) is 17.6 Å². The van der Waals surface area contributed by atoms with Gasteiger partial charge in [0.25, 0.3) is 5.91 Å². The predicted octanol–water partition coefficient (Wildman–Crippen LogP) is 6.78. The summed E-state index contributed by atoms with van der Waals surface area (Å²) in [5.41, 5.74) is 6.56. The van der Waals surface area contributed by atoms with E-state index in [1.807, 2.05) is 80.6 Å². The van der Waals surface area contributed by atoms with E-state index >= 15 is 0 Å². The van der Waals surface area contributed by atoms with Crippen LogP contribution in [0.1, 0.15) is 48.3 Å². The molecule has 0 unspecified atom stereocenters. The zero-order valence-corrected chi connectivity index (χ0v) is 24.0. The fraction of sp³-hybridized carbons (Fsp3) is 0.250. The normalized spacial score (nSPS) is 18.8. The van der Waals surface area contributed by atoms with Gasteiger partial charge in [0, 0.05) is 45.0 Å². The Bertz CT molecular complexity index is 1490. The molecule has 1 amide bonds. The number of Topliss-reactive ketones (excluding diaryl/α,β-unsaturated/α-hetero) is 1. The summed E-state index contributed by atoms with van der Waals surface area (Å²) in [6, 6.07) is 21.4. The number of amides is 1. The molecule has 5 rings (SSSR count). The van der Waals surface area contributed by atoms with Crippen molar-refractivity contribution in [2.45, 2.75) is 38.5 Å². The summed E-state index contributed by atoms with van der Waals surface area (Å²) < 4.78 is 11.8. The maximum Gasteiger partial charge on any atom is 0.254 e. The second-order valence-electron chi connectivity index (χ2n) is 10.0. The molecular formula is C32H31BrN2O4. The van der Waals surface area contributed by atoms with Crippen LogP contribution in [0.4, 0.5) is 5.69 Å². The summed E-state index contributed by atoms with van der Waals surface area (Å²) in [6.45, 7) is 3.91. The van der Waals surface area contributed by atoms with E-state index in [1.165, 1.54) is 0 Å². The summed E-state index contributed by atoms with van der Waals surface area (Å²) in [6.07, 6.45) is 0.989. The number of allylic oxidation sites excluding steroid dienone is 3. The summed E-state index contributed by atoms with van der Waals surface area (Å²) in [4.78, 5) is 27.6. The highest BCUT2D eigenvalue weighted by atomic mass is 79.9. The van der Waals surface area contributed by atoms with Crippen molar-refractivity contribution in [3.05, 3.63) is 110 Å². The molecule has 0 aromatic heterocycles. The average Bonchev–Trinajstić information content (AvgIpc) is 2.93. The lowest BCUT2D eigenvalue weighted by Crippen LogP contribution is -2.37. The number of ketones is 1. The molecule has 1 heterocycles. The first kappa shape index (κ1) is 26.8. The van der Waals surface area contributed by atoms with Gasteiger partial charge in [-0.3, -0.25) is 9.59 Å². The quantitative estimate of drug-likeness (QED) is 0.333. The zero-order valence-electron chi connectivity index (χ0n) is 22.4. The van der Waals surface area contributed by atoms with Gasteiger partial charge in [0.2, 0.25) is 0 Å². The Hall–Kier alpha value is -3.84. The molecule has 39 heavy (non-hydrogen) atoms. The third-order valence-electron chi connectivity index (χ3n) is 7.46. The first-order valence-corrected chi connectivity index (χ1v) is 13.7. The number of hydrogen-bond donors (Lipinski definition) is 2. The molecule has 7 heteroatoms. The van der Waals surface area contributed by atoms with Crippen molar-refractivity contribution in [3.63, 3.8) is 0 Å². The lowest BCUT2D eigenvalue weighted by Gasteiger charge is -2.37. The second-order valence-corrected chi connectivity index (χ2v) is 10.9. The Kier molecular flexibility index (Phi) is 7.62. The second kappa shape index (κ2) is 11.1. The topological polar surface area (TPSA) is 76.7 Å². The van der Waals surface area contributed by atoms with Crippen LogP contribution in [0.25, 0.3) is 0 Å². The third-order valence-corrected chi connectivity index (χ3v) is 7.99. The van der Waals surface area contributed by atoms with Crippen LogP contribution in [0.2, 0.25) is 0 Å². The molecule has 3 aromatic carbocycles. The Morgan fingerprint density at radius 1 is 0.897 bits per heavy atom. The molecule has 6 nitrogen and oxygen atoms in total. The Morgan fingerprint density at radius 3 is 2.23 bits per heavy atom. The van der Waals surface area contributed by atoms with E-state index in [0.29, 0.717) is 41.2 Å². The molecule has 1 aliphatic carbocycles. The molecule has 2 N–H and O–H groups in total. The number of benzene rings is 3. The molecular weight excluding hydrogens is 556 g/mol. The van der Waals surface area contributed by atoms with Gasteiger partial charge in [0.05, 0.1) is 14.2 Å². The van der Waals surface area contributed by atoms with Crippen LogP contribution in [0.3, 0.4) is 0 Å². The molecule has 0 saturated heterocycles. The van der Waals surface area contributed by atoms with Gasteiger partial charge in [0.15, 0.2) is 17.3 Å². The molecule has 2 aliphatic rings. The molecule has 1 aliphatic heterocycles. The van der Waals surface area contributed by atoms with E-state index in [9.17, 15) is 9.59 Å². The number of ether oxygens (including phenoxy) is 2. The van der Waals surface area contributed by atoms with E-state index < -0.39 is 5.92 Å². The van der Waals surface area contributed by atoms with E-state index in [4.69, 9.17) is 9.47 Å². The molecule has 200 valence electrons. The van der Waals surface area contributed by atoms with Gasteiger partial charge in [0.1, 0.15) is 0 Å². The van der Waals surface area contributed by atoms with E-state index in [2.05, 4.69) is 26.6 Å². The van der Waals surface area contributed by atoms with Gasteiger partial charge in [-0.1, -0.05) is 51.8 Å². The monoisotopic (exact) mass is 586 g/mol. The van der Waals surface area contributed by atoms with Crippen LogP contribution in [0.15, 0.2) is 93.7 Å². The first-order chi connectivity index (χ1) is 18.8. The number of hydrogen-bond acceptors (Lipinski definition) is 5. The van der Waals surface area contributed by atoms with Crippen molar-refractivity contribution in [2.24, 2.45) is 0 Å². The molecule has 0 spiro atoms. The number of rotatable bonds is 6. The standard InChI is InChI=1S/C32H31BrN2O4/c1-18-5-12-24(13-6-18)35-32(37)29-19(2)34-25-15-22(21-9-14-27(38-3)28(17-21)39-4)16-26(36)31(25)30(29)20-7-10-23(33)11-8-20/h5-14,17,22,30,34H,15-16H2,1-4H3,(H,35,37)/t22-,30-/m0/s1. The number of nitrogens with one attached hydrogen (secondary N) is 2. The average molecular weight is 588 g/mol. The molecule has 0 radical (unpaired) electrons. The molecule has 0 fully saturated rings. The van der Waals surface area contributed by atoms with E-state index in [0.717, 1.165) is 32.6 Å². The zero-order chi connectivity index (χ0) is 27.7. The fourth-order valence-corrected chi connectivity index (χ4v) is 5.77. The van der Waals surface area contributed by atoms with Crippen LogP contribution >= 0.6 is 15.9 Å². The van der Waals surface area contributed by atoms with Crippen LogP contribution in [0, 0.1) is 6.92 Å². The number of dihydropyridines is 1. The maximum atomic E-state index is 13.9. The number of carbonyl (C=O) groups excluding carboxylic acids is 2. The Balaban J connectivity index is 1.53. The lowest BCUT2D eigenvalue weighted by molar-refractivity contribution is -0.116. The number of carbonyl (C=O) groups is 2. The number of methoxy groups -OCH3 is 2. The SMILES string of the molecule is COc1ccc([C@@H]2CC(=O)C3=C(C2)NC(C)=C(C(=O)Nc2ccc(C)cc2)[C@@H]3c2ccc(Br)cc2)cc1OC. The minimum atomic E-state index is -0.473. The third kappa shape index (κ3) is 5.36. The van der Waals surface area contributed by atoms with Gasteiger partial charge in [-0.2, -0.15) is 0 Å². The first-order valence-electron chi connectivity index (χ1n) is 12.9. The molecule has 0 bridgehead atoms. The fourth-order valence-electron chi connectivity index (χ4n) is 5.51. The summed E-state index contributed by atoms with van der Waals surface area (Å²) in [5.74, 6) is 0.598. The van der Waals surface area contributed by atoms with Crippen LogP contribution in [-0.4, -0.2) is 25.9 Å². The van der Waals surface area contributed by atoms with Crippen molar-refractivity contribution in [1.29, 1.82) is 0 Å². The highest BCUT2D eigenvalue weighted by Gasteiger charge is 2.41. The number of anilines is 1. The van der Waals surface area contributed by atoms with Crippen molar-refractivity contribution in [2.75, 3.05) is 19.5 Å². The number of aryl methyl sites for hydroxylation is 1. The van der Waals surface area contributed by atoms with Crippen LogP contribution < -0.4 is 20.1 Å². The highest BCUT2D eigenvalue weighted by Crippen LogP contribution is 2.46.